The highest BCUT2D eigenvalue weighted by Crippen LogP contribution is 2.21. The van der Waals surface area contributed by atoms with Gasteiger partial charge in [-0.1, -0.05) is 0 Å². The molecule has 6 heteroatoms. The maximum absolute atomic E-state index is 12.4. The first-order valence-electron chi connectivity index (χ1n) is 8.31. The summed E-state index contributed by atoms with van der Waals surface area (Å²) in [5.74, 6) is -1.14. The topological polar surface area (TPSA) is 66.9 Å². The van der Waals surface area contributed by atoms with Gasteiger partial charge in [0, 0.05) is 25.7 Å². The number of rotatable bonds is 2. The van der Waals surface area contributed by atoms with Crippen LogP contribution in [-0.2, 0) is 19.1 Å². The zero-order valence-corrected chi connectivity index (χ0v) is 13.5. The molecule has 1 unspecified atom stereocenters. The van der Waals surface area contributed by atoms with Crippen LogP contribution in [0.1, 0.15) is 46.0 Å². The predicted octanol–water partition coefficient (Wildman–Crippen LogP) is 1.19. The summed E-state index contributed by atoms with van der Waals surface area (Å²) in [7, 11) is 0. The zero-order chi connectivity index (χ0) is 16.1. The van der Waals surface area contributed by atoms with Crippen molar-refractivity contribution in [1.29, 1.82) is 0 Å². The lowest BCUT2D eigenvalue weighted by atomic mass is 9.96. The van der Waals surface area contributed by atoms with Gasteiger partial charge >= 0.3 is 17.8 Å². The fourth-order valence-electron chi connectivity index (χ4n) is 3.24. The van der Waals surface area contributed by atoms with E-state index < -0.39 is 5.91 Å². The molecule has 0 N–H and O–H groups in total. The summed E-state index contributed by atoms with van der Waals surface area (Å²) in [6.07, 6.45) is 4.20. The normalized spacial score (nSPS) is 23.3. The lowest BCUT2D eigenvalue weighted by molar-refractivity contribution is -0.156. The molecular weight excluding hydrogens is 284 g/mol. The Morgan fingerprint density at radius 1 is 1.00 bits per heavy atom. The fourth-order valence-corrected chi connectivity index (χ4v) is 3.24. The van der Waals surface area contributed by atoms with Crippen molar-refractivity contribution in [2.45, 2.75) is 52.0 Å². The van der Waals surface area contributed by atoms with E-state index in [2.05, 4.69) is 0 Å². The molecule has 2 saturated heterocycles. The second-order valence-corrected chi connectivity index (χ2v) is 6.16. The van der Waals surface area contributed by atoms with Gasteiger partial charge in [0.15, 0.2) is 0 Å². The van der Waals surface area contributed by atoms with Crippen LogP contribution in [0.4, 0.5) is 0 Å². The monoisotopic (exact) mass is 310 g/mol. The highest BCUT2D eigenvalue weighted by atomic mass is 16.5. The number of ether oxygens (including phenoxy) is 1. The Morgan fingerprint density at radius 2 is 1.68 bits per heavy atom. The number of hydrogen-bond acceptors (Lipinski definition) is 4. The van der Waals surface area contributed by atoms with Crippen molar-refractivity contribution in [3.05, 3.63) is 0 Å². The van der Waals surface area contributed by atoms with Crippen LogP contribution in [0.5, 0.6) is 0 Å². The molecule has 0 saturated carbocycles. The number of esters is 1. The van der Waals surface area contributed by atoms with E-state index >= 15 is 0 Å². The number of hydrogen-bond donors (Lipinski definition) is 0. The highest BCUT2D eigenvalue weighted by Gasteiger charge is 2.34. The lowest BCUT2D eigenvalue weighted by Crippen LogP contribution is -2.52. The van der Waals surface area contributed by atoms with Gasteiger partial charge in [-0.05, 0) is 46.0 Å². The maximum atomic E-state index is 12.4. The van der Waals surface area contributed by atoms with Gasteiger partial charge in [-0.2, -0.15) is 0 Å². The molecule has 0 aromatic carbocycles. The van der Waals surface area contributed by atoms with Crippen molar-refractivity contribution in [3.8, 4) is 0 Å². The third kappa shape index (κ3) is 3.78. The smallest absolute Gasteiger partial charge is 0.312 e. The predicted molar refractivity (Wildman–Crippen MR) is 81.0 cm³/mol. The Labute approximate surface area is 131 Å². The molecule has 22 heavy (non-hydrogen) atoms. The first-order valence-corrected chi connectivity index (χ1v) is 8.31. The summed E-state index contributed by atoms with van der Waals surface area (Å²) >= 11 is 0. The van der Waals surface area contributed by atoms with E-state index in [0.29, 0.717) is 39.1 Å². The van der Waals surface area contributed by atoms with Crippen LogP contribution in [0.15, 0.2) is 0 Å². The summed E-state index contributed by atoms with van der Waals surface area (Å²) in [4.78, 5) is 39.7. The lowest BCUT2D eigenvalue weighted by Gasteiger charge is -2.36. The van der Waals surface area contributed by atoms with E-state index in [4.69, 9.17) is 4.74 Å². The molecular formula is C16H26N2O4. The summed E-state index contributed by atoms with van der Waals surface area (Å²) in [5.41, 5.74) is 0. The zero-order valence-electron chi connectivity index (χ0n) is 13.5. The molecule has 124 valence electrons. The minimum absolute atomic E-state index is 0.141. The second-order valence-electron chi connectivity index (χ2n) is 6.16. The molecule has 2 fully saturated rings. The van der Waals surface area contributed by atoms with Crippen LogP contribution in [0.2, 0.25) is 0 Å². The van der Waals surface area contributed by atoms with Crippen LogP contribution < -0.4 is 0 Å². The number of piperidine rings is 2. The molecule has 0 aromatic rings. The first kappa shape index (κ1) is 16.8. The largest absolute Gasteiger partial charge is 0.466 e. The molecule has 0 aliphatic carbocycles. The van der Waals surface area contributed by atoms with Crippen molar-refractivity contribution in [1.82, 2.24) is 9.80 Å². The van der Waals surface area contributed by atoms with Crippen LogP contribution in [0, 0.1) is 5.92 Å². The Morgan fingerprint density at radius 3 is 2.27 bits per heavy atom. The molecule has 1 atom stereocenters. The Balaban J connectivity index is 1.86. The van der Waals surface area contributed by atoms with Gasteiger partial charge in [0.1, 0.15) is 0 Å². The van der Waals surface area contributed by atoms with Gasteiger partial charge in [0.25, 0.3) is 0 Å². The van der Waals surface area contributed by atoms with Crippen LogP contribution in [0.3, 0.4) is 0 Å². The molecule has 2 amide bonds. The van der Waals surface area contributed by atoms with Gasteiger partial charge in [0.05, 0.1) is 12.5 Å². The Bertz CT molecular complexity index is 430. The first-order chi connectivity index (χ1) is 10.5. The van der Waals surface area contributed by atoms with E-state index in [-0.39, 0.29) is 23.8 Å². The second kappa shape index (κ2) is 7.61. The Kier molecular flexibility index (Phi) is 5.80. The van der Waals surface area contributed by atoms with Crippen molar-refractivity contribution >= 4 is 17.8 Å². The minimum atomic E-state index is -0.420. The average Bonchev–Trinajstić information content (AvgIpc) is 2.54. The number of carbonyl (C=O) groups is 3. The fraction of sp³-hybridized carbons (Fsp3) is 0.812. The third-order valence-electron chi connectivity index (χ3n) is 4.65. The number of carbonyl (C=O) groups excluding carboxylic acids is 3. The molecule has 2 aliphatic heterocycles. The van der Waals surface area contributed by atoms with E-state index in [1.54, 1.807) is 16.7 Å². The van der Waals surface area contributed by atoms with Gasteiger partial charge in [-0.25, -0.2) is 0 Å². The average molecular weight is 310 g/mol. The standard InChI is InChI=1S/C16H26N2O4/c1-3-22-16(21)13-7-10-17(11-8-13)14(19)15(20)18-9-5-4-6-12(18)2/h12-13H,3-11H2,1-2H3. The van der Waals surface area contributed by atoms with Gasteiger partial charge in [-0.3, -0.25) is 14.4 Å². The Hall–Kier alpha value is -1.59. The number of nitrogens with zero attached hydrogens (tertiary/aromatic N) is 2. The van der Waals surface area contributed by atoms with E-state index in [1.165, 1.54) is 0 Å². The highest BCUT2D eigenvalue weighted by molar-refractivity contribution is 6.35. The third-order valence-corrected chi connectivity index (χ3v) is 4.65. The molecule has 2 heterocycles. The minimum Gasteiger partial charge on any atom is -0.466 e. The van der Waals surface area contributed by atoms with E-state index in [9.17, 15) is 14.4 Å². The van der Waals surface area contributed by atoms with Crippen LogP contribution >= 0.6 is 0 Å². The van der Waals surface area contributed by atoms with Crippen molar-refractivity contribution in [2.75, 3.05) is 26.2 Å². The maximum Gasteiger partial charge on any atom is 0.312 e. The number of amides is 2. The molecule has 2 aliphatic rings. The molecule has 2 rings (SSSR count). The molecule has 0 bridgehead atoms. The van der Waals surface area contributed by atoms with Crippen LogP contribution in [0.25, 0.3) is 0 Å². The van der Waals surface area contributed by atoms with Crippen molar-refractivity contribution in [2.24, 2.45) is 5.92 Å². The summed E-state index contributed by atoms with van der Waals surface area (Å²) < 4.78 is 5.02. The summed E-state index contributed by atoms with van der Waals surface area (Å²) in [6.45, 7) is 5.74. The van der Waals surface area contributed by atoms with Gasteiger partial charge in [-0.15, -0.1) is 0 Å². The van der Waals surface area contributed by atoms with Gasteiger partial charge < -0.3 is 14.5 Å². The molecule has 6 nitrogen and oxygen atoms in total. The quantitative estimate of drug-likeness (QED) is 0.567. The SMILES string of the molecule is CCOC(=O)C1CCN(C(=O)C(=O)N2CCCCC2C)CC1. The molecule has 0 spiro atoms. The van der Waals surface area contributed by atoms with Gasteiger partial charge in [0.2, 0.25) is 0 Å². The van der Waals surface area contributed by atoms with E-state index in [0.717, 1.165) is 19.3 Å². The molecule has 0 aromatic heterocycles. The van der Waals surface area contributed by atoms with Crippen molar-refractivity contribution in [3.63, 3.8) is 0 Å². The van der Waals surface area contributed by atoms with Crippen LogP contribution in [-0.4, -0.2) is 59.9 Å². The summed E-state index contributed by atoms with van der Waals surface area (Å²) in [5, 5.41) is 0. The van der Waals surface area contributed by atoms with Crippen molar-refractivity contribution < 1.29 is 19.1 Å². The molecule has 0 radical (unpaired) electrons. The summed E-state index contributed by atoms with van der Waals surface area (Å²) in [6, 6.07) is 0.141. The van der Waals surface area contributed by atoms with E-state index in [1.807, 2.05) is 6.92 Å². The number of likely N-dealkylation sites (tertiary alicyclic amines) is 2.